The summed E-state index contributed by atoms with van der Waals surface area (Å²) in [5.41, 5.74) is 1.12. The van der Waals surface area contributed by atoms with E-state index in [-0.39, 0.29) is 0 Å². The van der Waals surface area contributed by atoms with Crippen LogP contribution in [0.5, 0.6) is 0 Å². The minimum Gasteiger partial charge on any atom is -0.481 e. The predicted octanol–water partition coefficient (Wildman–Crippen LogP) is 6.54. The molecule has 0 aromatic carbocycles. The molecule has 0 amide bonds. The van der Waals surface area contributed by atoms with E-state index in [1.807, 2.05) is 0 Å². The molecule has 148 valence electrons. The first-order chi connectivity index (χ1) is 12.4. The fourth-order valence-corrected chi connectivity index (χ4v) is 8.82. The highest BCUT2D eigenvalue weighted by atomic mass is 16.4. The second-order valence-electron chi connectivity index (χ2n) is 11.0. The van der Waals surface area contributed by atoms with Crippen molar-refractivity contribution in [2.24, 2.45) is 46.3 Å². The molecule has 0 bridgehead atoms. The zero-order chi connectivity index (χ0) is 18.5. The Kier molecular flexibility index (Phi) is 4.93. The largest absolute Gasteiger partial charge is 0.481 e. The lowest BCUT2D eigenvalue weighted by Gasteiger charge is -2.61. The van der Waals surface area contributed by atoms with Gasteiger partial charge in [-0.05, 0) is 104 Å². The zero-order valence-electron chi connectivity index (χ0n) is 17.3. The molecule has 8 atom stereocenters. The summed E-state index contributed by atoms with van der Waals surface area (Å²) in [6, 6.07) is 0. The second kappa shape index (κ2) is 6.82. The minimum absolute atomic E-state index is 0.351. The van der Waals surface area contributed by atoms with Gasteiger partial charge in [-0.15, -0.1) is 0 Å². The normalized spacial score (nSPS) is 49.0. The SMILES string of the molecule is C[C@H](CCC(=O)O)[C@H]1CC[C@H]2[C@@H]3CCC4CCCC[C@]4(C)[C@H]3CCC12C. The molecule has 0 aliphatic heterocycles. The summed E-state index contributed by atoms with van der Waals surface area (Å²) in [6.07, 6.45) is 15.7. The summed E-state index contributed by atoms with van der Waals surface area (Å²) in [5.74, 6) is 4.57. The Balaban J connectivity index is 1.52. The highest BCUT2D eigenvalue weighted by Gasteiger charge is 2.60. The van der Waals surface area contributed by atoms with Crippen LogP contribution in [-0.4, -0.2) is 11.1 Å². The molecule has 2 unspecified atom stereocenters. The topological polar surface area (TPSA) is 37.3 Å². The predicted molar refractivity (Wildman–Crippen MR) is 106 cm³/mol. The van der Waals surface area contributed by atoms with Gasteiger partial charge in [0.05, 0.1) is 0 Å². The Morgan fingerprint density at radius 3 is 2.50 bits per heavy atom. The quantitative estimate of drug-likeness (QED) is 0.618. The Morgan fingerprint density at radius 2 is 1.73 bits per heavy atom. The average molecular weight is 361 g/mol. The summed E-state index contributed by atoms with van der Waals surface area (Å²) in [4.78, 5) is 11.0. The zero-order valence-corrected chi connectivity index (χ0v) is 17.3. The fourth-order valence-electron chi connectivity index (χ4n) is 8.82. The van der Waals surface area contributed by atoms with E-state index in [0.29, 0.717) is 23.2 Å². The molecule has 4 aliphatic rings. The monoisotopic (exact) mass is 360 g/mol. The smallest absolute Gasteiger partial charge is 0.303 e. The highest BCUT2D eigenvalue weighted by Crippen LogP contribution is 2.68. The van der Waals surface area contributed by atoms with Crippen molar-refractivity contribution in [3.63, 3.8) is 0 Å². The number of rotatable bonds is 4. The molecule has 0 spiro atoms. The molecular formula is C24H40O2. The third-order valence-corrected chi connectivity index (χ3v) is 10.2. The molecule has 0 radical (unpaired) electrons. The number of carbonyl (C=O) groups is 1. The molecule has 1 N–H and O–H groups in total. The minimum atomic E-state index is -0.621. The lowest BCUT2D eigenvalue weighted by atomic mass is 9.44. The van der Waals surface area contributed by atoms with Gasteiger partial charge in [-0.2, -0.15) is 0 Å². The average Bonchev–Trinajstić information content (AvgIpc) is 2.96. The van der Waals surface area contributed by atoms with Crippen molar-refractivity contribution in [2.45, 2.75) is 97.8 Å². The summed E-state index contributed by atoms with van der Waals surface area (Å²) < 4.78 is 0. The van der Waals surface area contributed by atoms with E-state index in [1.165, 1.54) is 64.2 Å². The Hall–Kier alpha value is -0.530. The van der Waals surface area contributed by atoms with Crippen LogP contribution in [0.25, 0.3) is 0 Å². The summed E-state index contributed by atoms with van der Waals surface area (Å²) in [6.45, 7) is 7.60. The lowest BCUT2D eigenvalue weighted by Crippen LogP contribution is -2.53. The third kappa shape index (κ3) is 2.85. The number of carboxylic acids is 1. The van der Waals surface area contributed by atoms with E-state index in [9.17, 15) is 4.79 Å². The van der Waals surface area contributed by atoms with Gasteiger partial charge in [0.15, 0.2) is 0 Å². The van der Waals surface area contributed by atoms with Gasteiger partial charge in [0.1, 0.15) is 0 Å². The molecule has 4 fully saturated rings. The van der Waals surface area contributed by atoms with Crippen molar-refractivity contribution in [1.29, 1.82) is 0 Å². The van der Waals surface area contributed by atoms with Gasteiger partial charge in [0.25, 0.3) is 0 Å². The van der Waals surface area contributed by atoms with Gasteiger partial charge in [-0.25, -0.2) is 0 Å². The molecule has 4 aliphatic carbocycles. The second-order valence-corrected chi connectivity index (χ2v) is 11.0. The van der Waals surface area contributed by atoms with E-state index in [4.69, 9.17) is 5.11 Å². The van der Waals surface area contributed by atoms with Crippen LogP contribution in [0.3, 0.4) is 0 Å². The fraction of sp³-hybridized carbons (Fsp3) is 0.958. The van der Waals surface area contributed by atoms with E-state index < -0.39 is 5.97 Å². The Labute approximate surface area is 160 Å². The Bertz CT molecular complexity index is 542. The summed E-state index contributed by atoms with van der Waals surface area (Å²) in [7, 11) is 0. The summed E-state index contributed by atoms with van der Waals surface area (Å²) in [5, 5.41) is 9.09. The molecular weight excluding hydrogens is 320 g/mol. The Morgan fingerprint density at radius 1 is 0.962 bits per heavy atom. The molecule has 0 heterocycles. The molecule has 0 aromatic rings. The maximum Gasteiger partial charge on any atom is 0.303 e. The van der Waals surface area contributed by atoms with E-state index in [0.717, 1.165) is 36.0 Å². The first-order valence-electron chi connectivity index (χ1n) is 11.6. The van der Waals surface area contributed by atoms with Crippen LogP contribution < -0.4 is 0 Å². The van der Waals surface area contributed by atoms with Crippen LogP contribution in [0.4, 0.5) is 0 Å². The molecule has 2 heteroatoms. The van der Waals surface area contributed by atoms with Crippen molar-refractivity contribution in [3.8, 4) is 0 Å². The number of hydrogen-bond acceptors (Lipinski definition) is 1. The van der Waals surface area contributed by atoms with E-state index in [2.05, 4.69) is 20.8 Å². The molecule has 0 saturated heterocycles. The molecule has 26 heavy (non-hydrogen) atoms. The van der Waals surface area contributed by atoms with Crippen molar-refractivity contribution in [3.05, 3.63) is 0 Å². The lowest BCUT2D eigenvalue weighted by molar-refractivity contribution is -0.137. The maximum absolute atomic E-state index is 11.0. The first kappa shape index (κ1) is 18.8. The molecule has 0 aromatic heterocycles. The van der Waals surface area contributed by atoms with Gasteiger partial charge in [0.2, 0.25) is 0 Å². The van der Waals surface area contributed by atoms with Gasteiger partial charge in [-0.3, -0.25) is 4.79 Å². The number of aliphatic carboxylic acids is 1. The van der Waals surface area contributed by atoms with Gasteiger partial charge in [0, 0.05) is 6.42 Å². The molecule has 4 rings (SSSR count). The van der Waals surface area contributed by atoms with Crippen LogP contribution in [-0.2, 0) is 4.79 Å². The summed E-state index contributed by atoms with van der Waals surface area (Å²) >= 11 is 0. The van der Waals surface area contributed by atoms with Gasteiger partial charge >= 0.3 is 5.97 Å². The van der Waals surface area contributed by atoms with E-state index in [1.54, 1.807) is 0 Å². The molecule has 4 saturated carbocycles. The van der Waals surface area contributed by atoms with Crippen LogP contribution in [0, 0.1) is 46.3 Å². The van der Waals surface area contributed by atoms with Gasteiger partial charge in [-0.1, -0.05) is 33.6 Å². The van der Waals surface area contributed by atoms with E-state index >= 15 is 0 Å². The number of carboxylic acid groups (broad SMARTS) is 1. The van der Waals surface area contributed by atoms with Crippen molar-refractivity contribution < 1.29 is 9.90 Å². The molecule has 2 nitrogen and oxygen atoms in total. The highest BCUT2D eigenvalue weighted by molar-refractivity contribution is 5.66. The van der Waals surface area contributed by atoms with Crippen molar-refractivity contribution in [1.82, 2.24) is 0 Å². The van der Waals surface area contributed by atoms with Crippen LogP contribution in [0.1, 0.15) is 97.8 Å². The number of fused-ring (bicyclic) bond motifs is 5. The van der Waals surface area contributed by atoms with Crippen LogP contribution >= 0.6 is 0 Å². The van der Waals surface area contributed by atoms with Crippen molar-refractivity contribution in [2.75, 3.05) is 0 Å². The van der Waals surface area contributed by atoms with Crippen molar-refractivity contribution >= 4 is 5.97 Å². The number of hydrogen-bond donors (Lipinski definition) is 1. The third-order valence-electron chi connectivity index (χ3n) is 10.2. The van der Waals surface area contributed by atoms with Crippen LogP contribution in [0.2, 0.25) is 0 Å². The first-order valence-corrected chi connectivity index (χ1v) is 11.6. The van der Waals surface area contributed by atoms with Crippen LogP contribution in [0.15, 0.2) is 0 Å². The standard InChI is InChI=1S/C24H40O2/c1-16(7-12-22(25)26)19-10-11-20-18-9-8-17-6-4-5-14-23(17,2)21(18)13-15-24(19,20)3/h16-21H,4-15H2,1-3H3,(H,25,26)/t16-,17?,18+,19-,20+,21+,23+,24?/m1/s1. The van der Waals surface area contributed by atoms with Gasteiger partial charge < -0.3 is 5.11 Å². The maximum atomic E-state index is 11.0.